The maximum Gasteiger partial charge on any atom is 0.0701 e. The summed E-state index contributed by atoms with van der Waals surface area (Å²) in [6.45, 7) is 3.19. The molecular weight excluding hydrogens is 92.1 g/mol. The zero-order valence-electron chi connectivity index (χ0n) is 4.39. The van der Waals surface area contributed by atoms with Gasteiger partial charge in [-0.3, -0.25) is 0 Å². The molecule has 3 heteroatoms. The fourth-order valence-electron chi connectivity index (χ4n) is 0. The molecule has 1 aliphatic heterocycles. The first kappa shape index (κ1) is 6.88. The van der Waals surface area contributed by atoms with E-state index < -0.39 is 0 Å². The Morgan fingerprint density at radius 1 is 1.14 bits per heavy atom. The standard InChI is InChI=1S/C2H8N2.C2H4O/c3-1-2-4;1-2-3-1/h1-4H2;1-2H2. The van der Waals surface area contributed by atoms with Crippen molar-refractivity contribution in [2.45, 2.75) is 0 Å². The van der Waals surface area contributed by atoms with E-state index in [-0.39, 0.29) is 0 Å². The Bertz CT molecular complexity index is 26.1. The van der Waals surface area contributed by atoms with E-state index in [4.69, 9.17) is 11.5 Å². The molecule has 1 fully saturated rings. The van der Waals surface area contributed by atoms with Crippen LogP contribution in [0.2, 0.25) is 0 Å². The largest absolute Gasteiger partial charge is 0.377 e. The van der Waals surface area contributed by atoms with E-state index in [0.717, 1.165) is 13.2 Å². The minimum Gasteiger partial charge on any atom is -0.377 e. The van der Waals surface area contributed by atoms with Gasteiger partial charge in [0.2, 0.25) is 0 Å². The molecule has 44 valence electrons. The van der Waals surface area contributed by atoms with Crippen molar-refractivity contribution in [3.63, 3.8) is 0 Å². The smallest absolute Gasteiger partial charge is 0.0701 e. The first-order valence-corrected chi connectivity index (χ1v) is 2.39. The van der Waals surface area contributed by atoms with Gasteiger partial charge in [-0.15, -0.1) is 0 Å². The summed E-state index contributed by atoms with van der Waals surface area (Å²) in [5.74, 6) is 0. The third-order valence-corrected chi connectivity index (χ3v) is 0.371. The molecule has 0 atom stereocenters. The summed E-state index contributed by atoms with van der Waals surface area (Å²) < 4.78 is 4.50. The van der Waals surface area contributed by atoms with Crippen molar-refractivity contribution < 1.29 is 4.74 Å². The van der Waals surface area contributed by atoms with E-state index in [1.165, 1.54) is 0 Å². The van der Waals surface area contributed by atoms with Gasteiger partial charge in [-0.05, 0) is 0 Å². The Labute approximate surface area is 43.6 Å². The predicted octanol–water partition coefficient (Wildman–Crippen LogP) is -1.08. The zero-order valence-corrected chi connectivity index (χ0v) is 4.39. The van der Waals surface area contributed by atoms with Crippen LogP contribution in [0.25, 0.3) is 0 Å². The van der Waals surface area contributed by atoms with Gasteiger partial charge in [-0.2, -0.15) is 0 Å². The highest BCUT2D eigenvalue weighted by Crippen LogP contribution is 1.84. The quantitative estimate of drug-likeness (QED) is 0.416. The van der Waals surface area contributed by atoms with E-state index in [0.29, 0.717) is 13.1 Å². The lowest BCUT2D eigenvalue weighted by molar-refractivity contribution is 0.475. The number of hydrogen-bond acceptors (Lipinski definition) is 3. The van der Waals surface area contributed by atoms with Crippen molar-refractivity contribution in [2.75, 3.05) is 26.3 Å². The van der Waals surface area contributed by atoms with Gasteiger partial charge in [0.25, 0.3) is 0 Å². The van der Waals surface area contributed by atoms with Crippen LogP contribution in [0, 0.1) is 0 Å². The van der Waals surface area contributed by atoms with Gasteiger partial charge in [0, 0.05) is 13.1 Å². The molecule has 0 aliphatic carbocycles. The topological polar surface area (TPSA) is 64.6 Å². The molecule has 0 amide bonds. The number of epoxide rings is 1. The SMILES string of the molecule is C1CO1.NCCN. The summed E-state index contributed by atoms with van der Waals surface area (Å²) in [5.41, 5.74) is 9.81. The minimum absolute atomic E-state index is 0.597. The second kappa shape index (κ2) is 5.88. The van der Waals surface area contributed by atoms with Gasteiger partial charge in [0.15, 0.2) is 0 Å². The van der Waals surface area contributed by atoms with E-state index in [1.807, 2.05) is 0 Å². The van der Waals surface area contributed by atoms with Crippen molar-refractivity contribution in [1.29, 1.82) is 0 Å². The molecule has 1 saturated heterocycles. The monoisotopic (exact) mass is 104 g/mol. The molecule has 0 aromatic heterocycles. The lowest BCUT2D eigenvalue weighted by Crippen LogP contribution is -2.11. The van der Waals surface area contributed by atoms with Crippen molar-refractivity contribution in [3.8, 4) is 0 Å². The van der Waals surface area contributed by atoms with Gasteiger partial charge in [-0.1, -0.05) is 0 Å². The molecule has 7 heavy (non-hydrogen) atoms. The van der Waals surface area contributed by atoms with E-state index in [1.54, 1.807) is 0 Å². The Hall–Kier alpha value is -0.120. The van der Waals surface area contributed by atoms with Crippen LogP contribution in [0.3, 0.4) is 0 Å². The molecule has 0 unspecified atom stereocenters. The van der Waals surface area contributed by atoms with Crippen molar-refractivity contribution in [3.05, 3.63) is 0 Å². The fourth-order valence-corrected chi connectivity index (χ4v) is 0. The molecule has 1 aliphatic rings. The molecule has 4 N–H and O–H groups in total. The molecule has 0 aromatic carbocycles. The normalized spacial score (nSPS) is 14.6. The Morgan fingerprint density at radius 2 is 1.43 bits per heavy atom. The molecule has 1 heterocycles. The van der Waals surface area contributed by atoms with Crippen molar-refractivity contribution >= 4 is 0 Å². The van der Waals surface area contributed by atoms with Crippen LogP contribution in [-0.4, -0.2) is 26.3 Å². The highest BCUT2D eigenvalue weighted by molar-refractivity contribution is 4.36. The summed E-state index contributed by atoms with van der Waals surface area (Å²) in [6.07, 6.45) is 0. The first-order chi connectivity index (χ1) is 3.41. The molecule has 3 nitrogen and oxygen atoms in total. The molecule has 1 rings (SSSR count). The first-order valence-electron chi connectivity index (χ1n) is 2.39. The van der Waals surface area contributed by atoms with Gasteiger partial charge in [0.05, 0.1) is 13.2 Å². The van der Waals surface area contributed by atoms with Gasteiger partial charge < -0.3 is 16.2 Å². The van der Waals surface area contributed by atoms with Crippen molar-refractivity contribution in [1.82, 2.24) is 0 Å². The third-order valence-electron chi connectivity index (χ3n) is 0.371. The Morgan fingerprint density at radius 3 is 1.43 bits per heavy atom. The Balaban J connectivity index is 0.000000105. The van der Waals surface area contributed by atoms with Crippen LogP contribution in [0.4, 0.5) is 0 Å². The van der Waals surface area contributed by atoms with Crippen LogP contribution < -0.4 is 11.5 Å². The van der Waals surface area contributed by atoms with Crippen LogP contribution in [0.1, 0.15) is 0 Å². The van der Waals surface area contributed by atoms with Crippen LogP contribution in [0.15, 0.2) is 0 Å². The minimum atomic E-state index is 0.597. The van der Waals surface area contributed by atoms with Gasteiger partial charge >= 0.3 is 0 Å². The van der Waals surface area contributed by atoms with Crippen LogP contribution >= 0.6 is 0 Å². The van der Waals surface area contributed by atoms with E-state index in [2.05, 4.69) is 4.74 Å². The average Bonchev–Trinajstić information content (AvgIpc) is 2.47. The summed E-state index contributed by atoms with van der Waals surface area (Å²) in [5, 5.41) is 0. The number of nitrogens with two attached hydrogens (primary N) is 2. The summed E-state index contributed by atoms with van der Waals surface area (Å²) in [4.78, 5) is 0. The van der Waals surface area contributed by atoms with Crippen molar-refractivity contribution in [2.24, 2.45) is 11.5 Å². The maximum atomic E-state index is 4.90. The molecule has 0 spiro atoms. The number of ether oxygens (including phenoxy) is 1. The summed E-state index contributed by atoms with van der Waals surface area (Å²) in [6, 6.07) is 0. The van der Waals surface area contributed by atoms with Gasteiger partial charge in [0.1, 0.15) is 0 Å². The molecular formula is C4H12N2O. The molecule has 0 saturated carbocycles. The van der Waals surface area contributed by atoms with E-state index >= 15 is 0 Å². The zero-order chi connectivity index (χ0) is 5.54. The van der Waals surface area contributed by atoms with Crippen LogP contribution in [0.5, 0.6) is 0 Å². The molecule has 0 radical (unpaired) electrons. The lowest BCUT2D eigenvalue weighted by Gasteiger charge is -1.72. The predicted molar refractivity (Wildman–Crippen MR) is 28.9 cm³/mol. The highest BCUT2D eigenvalue weighted by atomic mass is 16.6. The second-order valence-corrected chi connectivity index (χ2v) is 1.19. The van der Waals surface area contributed by atoms with E-state index in [9.17, 15) is 0 Å². The van der Waals surface area contributed by atoms with Crippen LogP contribution in [-0.2, 0) is 4.74 Å². The number of rotatable bonds is 1. The highest BCUT2D eigenvalue weighted by Gasteiger charge is 1.94. The lowest BCUT2D eigenvalue weighted by atomic mass is 10.7. The Kier molecular flexibility index (Phi) is 5.78. The molecule has 0 bridgehead atoms. The maximum absolute atomic E-state index is 4.90. The summed E-state index contributed by atoms with van der Waals surface area (Å²) >= 11 is 0. The summed E-state index contributed by atoms with van der Waals surface area (Å²) in [7, 11) is 0. The number of hydrogen-bond donors (Lipinski definition) is 2. The van der Waals surface area contributed by atoms with Gasteiger partial charge in [-0.25, -0.2) is 0 Å². The second-order valence-electron chi connectivity index (χ2n) is 1.19. The fraction of sp³-hybridized carbons (Fsp3) is 1.00. The molecule has 0 aromatic rings. The third kappa shape index (κ3) is 25.0. The average molecular weight is 104 g/mol.